The van der Waals surface area contributed by atoms with Gasteiger partial charge in [0.1, 0.15) is 0 Å². The Morgan fingerprint density at radius 2 is 1.40 bits per heavy atom. The van der Waals surface area contributed by atoms with Gasteiger partial charge in [0.2, 0.25) is 5.69 Å². The first-order valence-corrected chi connectivity index (χ1v) is 8.33. The van der Waals surface area contributed by atoms with Gasteiger partial charge in [-0.1, -0.05) is 38.5 Å². The summed E-state index contributed by atoms with van der Waals surface area (Å²) in [7, 11) is 4.52. The van der Waals surface area contributed by atoms with Gasteiger partial charge in [0, 0.05) is 17.9 Å². The third-order valence-electron chi connectivity index (χ3n) is 5.54. The van der Waals surface area contributed by atoms with Crippen molar-refractivity contribution in [3.8, 4) is 0 Å². The molecule has 0 amide bonds. The molecular formula is C17H29IN2. The van der Waals surface area contributed by atoms with Crippen LogP contribution in [0.25, 0.3) is 0 Å². The molecule has 2 saturated carbocycles. The maximum absolute atomic E-state index is 2.55. The maximum atomic E-state index is 2.55. The molecule has 0 N–H and O–H groups in total. The predicted molar refractivity (Wildman–Crippen MR) is 78.2 cm³/mol. The molecule has 0 spiro atoms. The van der Waals surface area contributed by atoms with Gasteiger partial charge in [0.05, 0.1) is 12.7 Å². The average molecular weight is 388 g/mol. The Hall–Kier alpha value is -0.0600. The molecule has 114 valence electrons. The fourth-order valence-corrected chi connectivity index (χ4v) is 4.25. The molecule has 1 aromatic rings. The lowest BCUT2D eigenvalue weighted by molar-refractivity contribution is -0.759. The zero-order chi connectivity index (χ0) is 13.2. The van der Waals surface area contributed by atoms with E-state index in [2.05, 4.69) is 29.5 Å². The molecule has 0 radical (unpaired) electrons. The quantitative estimate of drug-likeness (QED) is 0.527. The van der Waals surface area contributed by atoms with Crippen molar-refractivity contribution in [3.63, 3.8) is 0 Å². The van der Waals surface area contributed by atoms with Crippen LogP contribution in [0.15, 0.2) is 6.07 Å². The summed E-state index contributed by atoms with van der Waals surface area (Å²) < 4.78 is 4.86. The zero-order valence-electron chi connectivity index (χ0n) is 13.1. The van der Waals surface area contributed by atoms with Crippen molar-refractivity contribution in [2.24, 2.45) is 14.1 Å². The van der Waals surface area contributed by atoms with Crippen LogP contribution in [-0.2, 0) is 14.1 Å². The van der Waals surface area contributed by atoms with Gasteiger partial charge >= 0.3 is 0 Å². The second kappa shape index (κ2) is 7.28. The lowest BCUT2D eigenvalue weighted by atomic mass is 9.84. The molecule has 2 fully saturated rings. The minimum absolute atomic E-state index is 0. The van der Waals surface area contributed by atoms with E-state index in [-0.39, 0.29) is 24.0 Å². The first-order chi connectivity index (χ1) is 9.27. The van der Waals surface area contributed by atoms with E-state index in [1.165, 1.54) is 64.2 Å². The van der Waals surface area contributed by atoms with Gasteiger partial charge in [-0.25, -0.2) is 0 Å². The molecular weight excluding hydrogens is 359 g/mol. The average Bonchev–Trinajstić information content (AvgIpc) is 2.77. The van der Waals surface area contributed by atoms with Crippen molar-refractivity contribution in [1.29, 1.82) is 0 Å². The summed E-state index contributed by atoms with van der Waals surface area (Å²) in [6, 6.07) is 2.55. The van der Waals surface area contributed by atoms with Crippen LogP contribution in [0.3, 0.4) is 0 Å². The van der Waals surface area contributed by atoms with Gasteiger partial charge < -0.3 is 24.0 Å². The smallest absolute Gasteiger partial charge is 0.210 e. The van der Waals surface area contributed by atoms with Crippen LogP contribution in [0.4, 0.5) is 0 Å². The molecule has 2 nitrogen and oxygen atoms in total. The lowest BCUT2D eigenvalue weighted by Crippen LogP contribution is -3.00. The van der Waals surface area contributed by atoms with E-state index >= 15 is 0 Å². The van der Waals surface area contributed by atoms with E-state index in [4.69, 9.17) is 0 Å². The highest BCUT2D eigenvalue weighted by molar-refractivity contribution is 5.15. The topological polar surface area (TPSA) is 8.81 Å². The van der Waals surface area contributed by atoms with Crippen molar-refractivity contribution in [1.82, 2.24) is 4.68 Å². The van der Waals surface area contributed by atoms with Crippen molar-refractivity contribution in [2.75, 3.05) is 0 Å². The summed E-state index contributed by atoms with van der Waals surface area (Å²) in [5.41, 5.74) is 3.20. The Labute approximate surface area is 140 Å². The molecule has 0 saturated heterocycles. The fraction of sp³-hybridized carbons (Fsp3) is 0.824. The van der Waals surface area contributed by atoms with Crippen LogP contribution in [0.2, 0.25) is 0 Å². The van der Waals surface area contributed by atoms with Crippen LogP contribution in [0, 0.1) is 0 Å². The monoisotopic (exact) mass is 388 g/mol. The van der Waals surface area contributed by atoms with Crippen LogP contribution in [0.1, 0.15) is 87.4 Å². The fourth-order valence-electron chi connectivity index (χ4n) is 4.25. The van der Waals surface area contributed by atoms with Gasteiger partial charge in [-0.3, -0.25) is 0 Å². The third kappa shape index (κ3) is 3.23. The SMILES string of the molecule is Cn1c(C2CCCCC2)cc(C2CCCCC2)[n+]1C.[I-]. The molecule has 3 rings (SSSR count). The van der Waals surface area contributed by atoms with Gasteiger partial charge in [-0.2, -0.15) is 4.68 Å². The van der Waals surface area contributed by atoms with E-state index in [0.717, 1.165) is 11.8 Å². The van der Waals surface area contributed by atoms with Crippen molar-refractivity contribution in [2.45, 2.75) is 76.0 Å². The molecule has 1 heterocycles. The minimum atomic E-state index is 0. The van der Waals surface area contributed by atoms with E-state index < -0.39 is 0 Å². The number of nitrogens with zero attached hydrogens (tertiary/aromatic N) is 2. The van der Waals surface area contributed by atoms with Crippen molar-refractivity contribution < 1.29 is 28.7 Å². The Balaban J connectivity index is 0.00000147. The van der Waals surface area contributed by atoms with E-state index in [1.807, 2.05) is 0 Å². The van der Waals surface area contributed by atoms with Gasteiger partial charge in [-0.05, 0) is 25.7 Å². The van der Waals surface area contributed by atoms with E-state index in [1.54, 1.807) is 11.4 Å². The summed E-state index contributed by atoms with van der Waals surface area (Å²) in [5.74, 6) is 1.64. The number of halogens is 1. The summed E-state index contributed by atoms with van der Waals surface area (Å²) >= 11 is 0. The van der Waals surface area contributed by atoms with Crippen molar-refractivity contribution >= 4 is 0 Å². The molecule has 0 bridgehead atoms. The van der Waals surface area contributed by atoms with Gasteiger partial charge in [0.25, 0.3) is 0 Å². The zero-order valence-corrected chi connectivity index (χ0v) is 15.2. The molecule has 3 heteroatoms. The highest BCUT2D eigenvalue weighted by Crippen LogP contribution is 2.36. The predicted octanol–water partition coefficient (Wildman–Crippen LogP) is 0.949. The molecule has 0 unspecified atom stereocenters. The maximum Gasteiger partial charge on any atom is 0.210 e. The molecule has 1 aromatic heterocycles. The number of rotatable bonds is 2. The second-order valence-corrected chi connectivity index (χ2v) is 6.71. The molecule has 20 heavy (non-hydrogen) atoms. The summed E-state index contributed by atoms with van der Waals surface area (Å²) in [4.78, 5) is 0. The molecule has 2 aliphatic rings. The van der Waals surface area contributed by atoms with Crippen LogP contribution >= 0.6 is 0 Å². The highest BCUT2D eigenvalue weighted by Gasteiger charge is 2.30. The van der Waals surface area contributed by atoms with Crippen LogP contribution in [0.5, 0.6) is 0 Å². The highest BCUT2D eigenvalue weighted by atomic mass is 127. The molecule has 0 atom stereocenters. The number of hydrogen-bond acceptors (Lipinski definition) is 0. The molecule has 0 aliphatic heterocycles. The van der Waals surface area contributed by atoms with Gasteiger partial charge in [0.15, 0.2) is 7.05 Å². The Bertz CT molecular complexity index is 388. The third-order valence-corrected chi connectivity index (χ3v) is 5.54. The molecule has 2 aliphatic carbocycles. The van der Waals surface area contributed by atoms with E-state index in [0.29, 0.717) is 0 Å². The minimum Gasteiger partial charge on any atom is -1.00 e. The Kier molecular flexibility index (Phi) is 5.94. The number of aromatic nitrogens is 2. The van der Waals surface area contributed by atoms with Crippen LogP contribution in [-0.4, -0.2) is 4.68 Å². The molecule has 0 aromatic carbocycles. The summed E-state index contributed by atoms with van der Waals surface area (Å²) in [6.45, 7) is 0. The normalized spacial score (nSPS) is 21.7. The summed E-state index contributed by atoms with van der Waals surface area (Å²) in [6.07, 6.45) is 14.2. The Morgan fingerprint density at radius 1 is 0.900 bits per heavy atom. The summed E-state index contributed by atoms with van der Waals surface area (Å²) in [5, 5.41) is 0. The van der Waals surface area contributed by atoms with Crippen molar-refractivity contribution in [3.05, 3.63) is 17.5 Å². The number of hydrogen-bond donors (Lipinski definition) is 0. The standard InChI is InChI=1S/C17H29N2.HI/c1-18-16(14-9-5-3-6-10-14)13-17(19(18)2)15-11-7-4-8-12-15;/h13-15H,3-12H2,1-2H3;1H/q+1;/p-1. The first kappa shape index (κ1) is 16.3. The largest absolute Gasteiger partial charge is 1.00 e. The Morgan fingerprint density at radius 3 is 1.95 bits per heavy atom. The van der Waals surface area contributed by atoms with Gasteiger partial charge in [-0.15, -0.1) is 4.68 Å². The lowest BCUT2D eigenvalue weighted by Gasteiger charge is -2.20. The first-order valence-electron chi connectivity index (χ1n) is 8.33. The van der Waals surface area contributed by atoms with Crippen LogP contribution < -0.4 is 28.7 Å². The van der Waals surface area contributed by atoms with E-state index in [9.17, 15) is 0 Å². The second-order valence-electron chi connectivity index (χ2n) is 6.71.